The van der Waals surface area contributed by atoms with Crippen molar-refractivity contribution in [3.8, 4) is 5.82 Å². The molecule has 2 aromatic rings. The Kier molecular flexibility index (Phi) is 3.54. The molecule has 0 aliphatic rings. The van der Waals surface area contributed by atoms with Crippen LogP contribution in [0.15, 0.2) is 24.5 Å². The molecule has 17 heavy (non-hydrogen) atoms. The lowest BCUT2D eigenvalue weighted by Crippen LogP contribution is -2.08. The molecule has 2 rings (SSSR count). The van der Waals surface area contributed by atoms with Gasteiger partial charge in [-0.2, -0.15) is 5.10 Å². The predicted molar refractivity (Wildman–Crippen MR) is 68.2 cm³/mol. The quantitative estimate of drug-likeness (QED) is 0.871. The molecule has 0 fully saturated rings. The number of rotatable bonds is 4. The van der Waals surface area contributed by atoms with Gasteiger partial charge >= 0.3 is 0 Å². The normalized spacial score (nSPS) is 10.8. The van der Waals surface area contributed by atoms with Crippen LogP contribution in [0.25, 0.3) is 5.82 Å². The van der Waals surface area contributed by atoms with Gasteiger partial charge in [0, 0.05) is 18.4 Å². The molecule has 90 valence electrons. The van der Waals surface area contributed by atoms with E-state index in [-0.39, 0.29) is 0 Å². The summed E-state index contributed by atoms with van der Waals surface area (Å²) in [6.45, 7) is 4.99. The Balaban J connectivity index is 2.42. The van der Waals surface area contributed by atoms with Crippen molar-refractivity contribution in [2.24, 2.45) is 0 Å². The Bertz CT molecular complexity index is 502. The SMILES string of the molecule is CCc1cc(CNC)cc(-n2cc(C)cn2)n1. The van der Waals surface area contributed by atoms with Gasteiger partial charge < -0.3 is 5.32 Å². The van der Waals surface area contributed by atoms with E-state index in [0.29, 0.717) is 0 Å². The highest BCUT2D eigenvalue weighted by molar-refractivity contribution is 5.31. The molecule has 0 amide bonds. The van der Waals surface area contributed by atoms with Gasteiger partial charge in [0.25, 0.3) is 0 Å². The summed E-state index contributed by atoms with van der Waals surface area (Å²) in [7, 11) is 1.95. The maximum atomic E-state index is 4.59. The summed E-state index contributed by atoms with van der Waals surface area (Å²) < 4.78 is 1.83. The zero-order valence-corrected chi connectivity index (χ0v) is 10.6. The smallest absolute Gasteiger partial charge is 0.153 e. The second kappa shape index (κ2) is 5.10. The Morgan fingerprint density at radius 3 is 2.76 bits per heavy atom. The largest absolute Gasteiger partial charge is 0.316 e. The van der Waals surface area contributed by atoms with Crippen molar-refractivity contribution in [2.75, 3.05) is 7.05 Å². The summed E-state index contributed by atoms with van der Waals surface area (Å²) in [6.07, 6.45) is 4.77. The first kappa shape index (κ1) is 11.8. The monoisotopic (exact) mass is 230 g/mol. The van der Waals surface area contributed by atoms with Crippen molar-refractivity contribution in [1.82, 2.24) is 20.1 Å². The maximum absolute atomic E-state index is 4.59. The molecule has 1 N–H and O–H groups in total. The topological polar surface area (TPSA) is 42.7 Å². The molecule has 2 heterocycles. The number of aromatic nitrogens is 3. The summed E-state index contributed by atoms with van der Waals surface area (Å²) in [6, 6.07) is 4.21. The standard InChI is InChI=1S/C13H18N4/c1-4-12-5-11(8-14-3)6-13(16-12)17-9-10(2)7-15-17/h5-7,9,14H,4,8H2,1-3H3. The van der Waals surface area contributed by atoms with E-state index in [0.717, 1.165) is 30.0 Å². The molecule has 0 saturated heterocycles. The van der Waals surface area contributed by atoms with Gasteiger partial charge in [0.1, 0.15) is 0 Å². The van der Waals surface area contributed by atoms with Gasteiger partial charge in [-0.05, 0) is 43.7 Å². The molecular formula is C13H18N4. The number of pyridine rings is 1. The Hall–Kier alpha value is -1.68. The third kappa shape index (κ3) is 2.71. The minimum atomic E-state index is 0.850. The Morgan fingerprint density at radius 1 is 1.35 bits per heavy atom. The molecule has 4 nitrogen and oxygen atoms in total. The third-order valence-electron chi connectivity index (χ3n) is 2.61. The second-order valence-corrected chi connectivity index (χ2v) is 4.17. The predicted octanol–water partition coefficient (Wildman–Crippen LogP) is 1.86. The highest BCUT2D eigenvalue weighted by atomic mass is 15.3. The highest BCUT2D eigenvalue weighted by Gasteiger charge is 2.04. The molecule has 0 radical (unpaired) electrons. The lowest BCUT2D eigenvalue weighted by atomic mass is 10.2. The van der Waals surface area contributed by atoms with Crippen LogP contribution in [0.4, 0.5) is 0 Å². The molecule has 0 atom stereocenters. The molecule has 2 aromatic heterocycles. The van der Waals surface area contributed by atoms with Crippen molar-refractivity contribution in [2.45, 2.75) is 26.8 Å². The van der Waals surface area contributed by atoms with Gasteiger partial charge in [-0.25, -0.2) is 9.67 Å². The molecule has 4 heteroatoms. The van der Waals surface area contributed by atoms with Crippen LogP contribution in [0, 0.1) is 6.92 Å². The summed E-state index contributed by atoms with van der Waals surface area (Å²) >= 11 is 0. The first-order valence-electron chi connectivity index (χ1n) is 5.89. The summed E-state index contributed by atoms with van der Waals surface area (Å²) in [5.41, 5.74) is 3.48. The van der Waals surface area contributed by atoms with E-state index in [1.807, 2.05) is 31.0 Å². The van der Waals surface area contributed by atoms with Crippen molar-refractivity contribution >= 4 is 0 Å². The van der Waals surface area contributed by atoms with Crippen molar-refractivity contribution in [1.29, 1.82) is 0 Å². The van der Waals surface area contributed by atoms with E-state index >= 15 is 0 Å². The first-order chi connectivity index (χ1) is 8.22. The molecule has 0 spiro atoms. The fourth-order valence-corrected chi connectivity index (χ4v) is 1.78. The average Bonchev–Trinajstić information content (AvgIpc) is 2.76. The molecule has 0 aromatic carbocycles. The number of nitrogens with zero attached hydrogens (tertiary/aromatic N) is 3. The molecule has 0 aliphatic heterocycles. The molecule has 0 bridgehead atoms. The lowest BCUT2D eigenvalue weighted by Gasteiger charge is -2.07. The van der Waals surface area contributed by atoms with E-state index < -0.39 is 0 Å². The number of hydrogen-bond acceptors (Lipinski definition) is 3. The highest BCUT2D eigenvalue weighted by Crippen LogP contribution is 2.11. The van der Waals surface area contributed by atoms with Gasteiger partial charge in [-0.15, -0.1) is 0 Å². The fourth-order valence-electron chi connectivity index (χ4n) is 1.78. The number of hydrogen-bond donors (Lipinski definition) is 1. The van der Waals surface area contributed by atoms with Gasteiger partial charge in [0.15, 0.2) is 5.82 Å². The van der Waals surface area contributed by atoms with Crippen molar-refractivity contribution in [3.63, 3.8) is 0 Å². The molecule has 0 unspecified atom stereocenters. The van der Waals surface area contributed by atoms with E-state index in [1.54, 1.807) is 0 Å². The maximum Gasteiger partial charge on any atom is 0.153 e. The number of nitrogens with one attached hydrogen (secondary N) is 1. The van der Waals surface area contributed by atoms with Crippen LogP contribution in [0.5, 0.6) is 0 Å². The van der Waals surface area contributed by atoms with Gasteiger partial charge in [0.05, 0.1) is 6.20 Å². The minimum absolute atomic E-state index is 0.850. The van der Waals surface area contributed by atoms with Crippen LogP contribution in [-0.4, -0.2) is 21.8 Å². The van der Waals surface area contributed by atoms with Crippen LogP contribution >= 0.6 is 0 Å². The van der Waals surface area contributed by atoms with Crippen molar-refractivity contribution < 1.29 is 0 Å². The van der Waals surface area contributed by atoms with E-state index in [2.05, 4.69) is 34.5 Å². The fraction of sp³-hybridized carbons (Fsp3) is 0.385. The summed E-state index contributed by atoms with van der Waals surface area (Å²) in [5.74, 6) is 0.891. The lowest BCUT2D eigenvalue weighted by molar-refractivity contribution is 0.791. The second-order valence-electron chi connectivity index (χ2n) is 4.17. The Morgan fingerprint density at radius 2 is 2.18 bits per heavy atom. The van der Waals surface area contributed by atoms with E-state index in [9.17, 15) is 0 Å². The molecular weight excluding hydrogens is 212 g/mol. The molecule has 0 aliphatic carbocycles. The van der Waals surface area contributed by atoms with Crippen LogP contribution in [-0.2, 0) is 13.0 Å². The number of aryl methyl sites for hydroxylation is 2. The summed E-state index contributed by atoms with van der Waals surface area (Å²) in [5, 5.41) is 7.46. The van der Waals surface area contributed by atoms with Crippen LogP contribution in [0.2, 0.25) is 0 Å². The van der Waals surface area contributed by atoms with Crippen LogP contribution in [0.1, 0.15) is 23.7 Å². The van der Waals surface area contributed by atoms with Crippen LogP contribution < -0.4 is 5.32 Å². The van der Waals surface area contributed by atoms with E-state index in [1.165, 1.54) is 5.56 Å². The van der Waals surface area contributed by atoms with E-state index in [4.69, 9.17) is 0 Å². The van der Waals surface area contributed by atoms with Crippen molar-refractivity contribution in [3.05, 3.63) is 41.3 Å². The van der Waals surface area contributed by atoms with Gasteiger partial charge in [-0.1, -0.05) is 6.92 Å². The minimum Gasteiger partial charge on any atom is -0.316 e. The Labute approximate surface area is 102 Å². The zero-order chi connectivity index (χ0) is 12.3. The average molecular weight is 230 g/mol. The third-order valence-corrected chi connectivity index (χ3v) is 2.61. The molecule has 0 saturated carbocycles. The van der Waals surface area contributed by atoms with Crippen LogP contribution in [0.3, 0.4) is 0 Å². The summed E-state index contributed by atoms with van der Waals surface area (Å²) in [4.78, 5) is 4.59. The first-order valence-corrected chi connectivity index (χ1v) is 5.89. The van der Waals surface area contributed by atoms with Gasteiger partial charge in [0.2, 0.25) is 0 Å². The zero-order valence-electron chi connectivity index (χ0n) is 10.6. The van der Waals surface area contributed by atoms with Gasteiger partial charge in [-0.3, -0.25) is 0 Å².